The van der Waals surface area contributed by atoms with Crippen molar-refractivity contribution in [1.82, 2.24) is 0 Å². The zero-order chi connectivity index (χ0) is 64.7. The summed E-state index contributed by atoms with van der Waals surface area (Å²) in [5.74, 6) is -3.58. The molecule has 450 valence electrons. The Labute approximate surface area is 546 Å². The molecule has 5 N–H and O–H groups in total. The summed E-state index contributed by atoms with van der Waals surface area (Å²) >= 11 is 0. The number of ether oxygens (including phenoxy) is 4. The molecule has 22 nitrogen and oxygen atoms in total. The molecule has 0 heterocycles. The molecule has 0 saturated carbocycles. The first-order valence-electron chi connectivity index (χ1n) is 25.8. The molecule has 0 amide bonds. The van der Waals surface area contributed by atoms with Gasteiger partial charge in [0, 0.05) is 22.3 Å². The minimum absolute atomic E-state index is 0. The molecule has 0 bridgehead atoms. The number of nitriles is 2. The summed E-state index contributed by atoms with van der Waals surface area (Å²) in [7, 11) is 1.52. The Hall–Kier alpha value is -9.76. The van der Waals surface area contributed by atoms with Gasteiger partial charge in [0.05, 0.1) is 56.6 Å². The van der Waals surface area contributed by atoms with E-state index in [4.69, 9.17) is 66.5 Å². The molecule has 0 aliphatic rings. The van der Waals surface area contributed by atoms with E-state index in [0.29, 0.717) is 47.6 Å². The van der Waals surface area contributed by atoms with Crippen molar-refractivity contribution < 1.29 is 139 Å². The van der Waals surface area contributed by atoms with Gasteiger partial charge in [-0.2, -0.15) is 20.1 Å². The monoisotopic (exact) mass is 1220 g/mol. The van der Waals surface area contributed by atoms with Gasteiger partial charge in [0.25, 0.3) is 0 Å². The van der Waals surface area contributed by atoms with E-state index in [1.165, 1.54) is 31.4 Å². The van der Waals surface area contributed by atoms with Crippen molar-refractivity contribution in [3.05, 3.63) is 203 Å². The second-order valence-electron chi connectivity index (χ2n) is 16.6. The fraction of sp³-hybridized carbons (Fsp3) is 0.234. The molecule has 23 heteroatoms. The third kappa shape index (κ3) is 35.2. The van der Waals surface area contributed by atoms with Gasteiger partial charge < -0.3 is 61.2 Å². The summed E-state index contributed by atoms with van der Waals surface area (Å²) in [5.41, 5.74) is 6.90. The van der Waals surface area contributed by atoms with Gasteiger partial charge in [0.1, 0.15) is 55.1 Å². The van der Waals surface area contributed by atoms with Gasteiger partial charge in [-0.15, -0.1) is 0 Å². The molecule has 0 aliphatic carbocycles. The smallest absolute Gasteiger partial charge is 0.512 e. The van der Waals surface area contributed by atoms with E-state index in [2.05, 4.69) is 14.6 Å². The number of aldehydes is 1. The SMILES string of the molecule is CCOC(=O)/C(=C/c1ccc(O)cc1)CC.CCOC(=O)CC(=O)OCC.CO/N=C(/c1ccccc1)c1cccc(COc2ccc(C(C#N)CC(=O)O)cc2)c1.N#CC(CC(=O)O)c1ccc(O)cc1.O=C=O.O=Cc1ccc(O)cc1.[C-]#N.[K+]. The number of phenolic OH excluding ortho intramolecular Hbond substituents is 3. The number of benzene rings is 6. The second-order valence-corrected chi connectivity index (χ2v) is 16.6. The first-order chi connectivity index (χ1) is 41.3. The fourth-order valence-corrected chi connectivity index (χ4v) is 6.66. The van der Waals surface area contributed by atoms with Gasteiger partial charge in [-0.3, -0.25) is 24.0 Å². The van der Waals surface area contributed by atoms with Crippen molar-refractivity contribution in [2.24, 2.45) is 5.16 Å². The standard InChI is InChI=1S/C25H22N2O4.C13H16O3.C10H9NO3.C7H12O4.C7H6O2.CN.CO2.K/c1-30-27-25(20-7-3-2-4-8-20)21-9-5-6-18(14-21)17-31-23-12-10-19(11-13-23)22(16-26)15-24(28)29;1-3-11(13(15)16-4-2)9-10-5-7-12(14)8-6-10;11-6-8(5-10(13)14)7-1-3-9(12)4-2-7;1-3-10-6(8)5-7(9)11-4-2;8-5-6-1-3-7(9)4-2-6;1-2;2-1-3;/h2-14,22H,15,17H2,1H3,(H,28,29);5-9,14H,3-4H2,1-2H3;1-4,8,12H,5H2,(H,13,14);3-5H2,1-2H3;1-5,9H;;;/q;;;;;-1;;+1/b27-25-;11-9+;;;;;;. The van der Waals surface area contributed by atoms with Crippen LogP contribution in [0.1, 0.15) is 109 Å². The van der Waals surface area contributed by atoms with Crippen LogP contribution >= 0.6 is 0 Å². The van der Waals surface area contributed by atoms with Crippen molar-refractivity contribution in [3.8, 4) is 35.1 Å². The fourth-order valence-electron chi connectivity index (χ4n) is 6.66. The van der Waals surface area contributed by atoms with Crippen LogP contribution in [0.3, 0.4) is 0 Å². The van der Waals surface area contributed by atoms with Crippen molar-refractivity contribution in [2.45, 2.75) is 71.8 Å². The van der Waals surface area contributed by atoms with Gasteiger partial charge in [-0.05, 0) is 122 Å². The molecule has 6 rings (SSSR count). The van der Waals surface area contributed by atoms with E-state index in [-0.39, 0.29) is 113 Å². The van der Waals surface area contributed by atoms with Crippen LogP contribution in [0.25, 0.3) is 6.08 Å². The van der Waals surface area contributed by atoms with Crippen LogP contribution in [-0.4, -0.2) is 100 Å². The number of carbonyl (C=O) groups excluding carboxylic acids is 6. The maximum atomic E-state index is 11.5. The molecule has 0 aromatic heterocycles. The van der Waals surface area contributed by atoms with E-state index in [0.717, 1.165) is 34.3 Å². The molecular formula is C64H65KN4O18. The number of hydrogen-bond acceptors (Lipinski definition) is 20. The number of aliphatic carboxylic acids is 2. The minimum atomic E-state index is -1.01. The predicted octanol–water partition coefficient (Wildman–Crippen LogP) is 7.19. The summed E-state index contributed by atoms with van der Waals surface area (Å²) in [6, 6.07) is 47.2. The quantitative estimate of drug-likeness (QED) is 0.00547. The van der Waals surface area contributed by atoms with Crippen molar-refractivity contribution in [1.29, 1.82) is 15.8 Å². The first kappa shape index (κ1) is 79.3. The number of carboxylic acid groups (broad SMARTS) is 2. The number of esters is 3. The first-order valence-corrected chi connectivity index (χ1v) is 25.8. The van der Waals surface area contributed by atoms with E-state index >= 15 is 0 Å². The number of carbonyl (C=O) groups is 6. The van der Waals surface area contributed by atoms with Gasteiger partial charge in [-0.1, -0.05) is 97.0 Å². The Balaban J connectivity index is 0. The van der Waals surface area contributed by atoms with Gasteiger partial charge in [-0.25, -0.2) is 4.79 Å². The zero-order valence-electron chi connectivity index (χ0n) is 48.7. The molecule has 0 aliphatic heterocycles. The van der Waals surface area contributed by atoms with Crippen LogP contribution in [0.5, 0.6) is 23.0 Å². The number of nitrogens with zero attached hydrogens (tertiary/aromatic N) is 4. The molecule has 6 aromatic carbocycles. The minimum Gasteiger partial charge on any atom is -0.512 e. The summed E-state index contributed by atoms with van der Waals surface area (Å²) < 4.78 is 19.8. The van der Waals surface area contributed by atoms with Gasteiger partial charge in [0.15, 0.2) is 0 Å². The summed E-state index contributed by atoms with van der Waals surface area (Å²) in [4.78, 5) is 85.3. The van der Waals surface area contributed by atoms with E-state index in [1.807, 2.05) is 73.7 Å². The average Bonchev–Trinajstić information content (AvgIpc) is 3.63. The number of carboxylic acids is 2. The van der Waals surface area contributed by atoms with Crippen molar-refractivity contribution in [2.75, 3.05) is 26.9 Å². The van der Waals surface area contributed by atoms with E-state index < -0.39 is 35.7 Å². The summed E-state index contributed by atoms with van der Waals surface area (Å²) in [5, 5.41) is 72.6. The van der Waals surface area contributed by atoms with E-state index in [9.17, 15) is 34.0 Å². The van der Waals surface area contributed by atoms with Crippen LogP contribution in [0.4, 0.5) is 0 Å². The topological polar surface area (TPSA) is 368 Å². The summed E-state index contributed by atoms with van der Waals surface area (Å²) in [6.45, 7) is 13.1. The third-order valence-electron chi connectivity index (χ3n) is 10.6. The maximum Gasteiger partial charge on any atom is 1.00 e. The molecule has 2 atom stereocenters. The Morgan fingerprint density at radius 2 is 1.02 bits per heavy atom. The molecule has 0 saturated heterocycles. The zero-order valence-corrected chi connectivity index (χ0v) is 51.9. The number of aromatic hydroxyl groups is 3. The van der Waals surface area contributed by atoms with Crippen LogP contribution in [0.15, 0.2) is 162 Å². The Bertz CT molecular complexity index is 3190. The second kappa shape index (κ2) is 48.6. The molecule has 0 radical (unpaired) electrons. The molecule has 2 unspecified atom stereocenters. The number of rotatable bonds is 21. The Kier molecular flexibility index (Phi) is 44.3. The van der Waals surface area contributed by atoms with Crippen molar-refractivity contribution >= 4 is 54.1 Å². The Morgan fingerprint density at radius 1 is 0.598 bits per heavy atom. The van der Waals surface area contributed by atoms with Crippen LogP contribution in [0, 0.1) is 34.5 Å². The van der Waals surface area contributed by atoms with Crippen LogP contribution in [-0.2, 0) is 59.2 Å². The third-order valence-corrected chi connectivity index (χ3v) is 10.6. The summed E-state index contributed by atoms with van der Waals surface area (Å²) in [6.07, 6.45) is 2.65. The molecule has 0 spiro atoms. The van der Waals surface area contributed by atoms with E-state index in [1.54, 1.807) is 99.6 Å². The van der Waals surface area contributed by atoms with Crippen LogP contribution in [0.2, 0.25) is 0 Å². The molecule has 87 heavy (non-hydrogen) atoms. The molecule has 0 fully saturated rings. The van der Waals surface area contributed by atoms with Gasteiger partial charge >= 0.3 is 87.4 Å². The van der Waals surface area contributed by atoms with Crippen LogP contribution < -0.4 is 56.1 Å². The molecule has 6 aromatic rings. The predicted molar refractivity (Wildman–Crippen MR) is 310 cm³/mol. The number of oxime groups is 1. The maximum absolute atomic E-state index is 11.5. The number of phenols is 3. The normalized spacial score (nSPS) is 10.4. The largest absolute Gasteiger partial charge is 1.00 e. The average molecular weight is 1220 g/mol. The van der Waals surface area contributed by atoms with Gasteiger partial charge in [0.2, 0.25) is 0 Å². The molecular weight excluding hydrogens is 1150 g/mol. The van der Waals surface area contributed by atoms with Crippen molar-refractivity contribution in [3.63, 3.8) is 0 Å². The Morgan fingerprint density at radius 3 is 1.43 bits per heavy atom. The number of hydrogen-bond donors (Lipinski definition) is 5.